The van der Waals surface area contributed by atoms with Crippen molar-refractivity contribution >= 4 is 27.6 Å². The minimum absolute atomic E-state index is 0.0102. The summed E-state index contributed by atoms with van der Waals surface area (Å²) in [6.07, 6.45) is -1.11. The fraction of sp³-hybridized carbons (Fsp3) is 0.364. The van der Waals surface area contributed by atoms with Crippen molar-refractivity contribution in [3.8, 4) is 11.5 Å². The molecule has 0 saturated carbocycles. The smallest absolute Gasteiger partial charge is 0.338 e. The second-order valence-corrected chi connectivity index (χ2v) is 8.95. The predicted molar refractivity (Wildman–Crippen MR) is 117 cm³/mol. The number of sulfonamides is 1. The lowest BCUT2D eigenvalue weighted by molar-refractivity contribution is -0.123. The quantitative estimate of drug-likeness (QED) is 0.601. The highest BCUT2D eigenvalue weighted by Crippen LogP contribution is 2.32. The number of benzene rings is 2. The van der Waals surface area contributed by atoms with Crippen molar-refractivity contribution in [2.24, 2.45) is 0 Å². The summed E-state index contributed by atoms with van der Waals surface area (Å²) in [5.74, 6) is -0.230. The highest BCUT2D eigenvalue weighted by Gasteiger charge is 2.24. The van der Waals surface area contributed by atoms with Gasteiger partial charge in [-0.05, 0) is 37.3 Å². The van der Waals surface area contributed by atoms with Crippen LogP contribution in [0.3, 0.4) is 0 Å². The third-order valence-electron chi connectivity index (χ3n) is 4.88. The first-order chi connectivity index (χ1) is 15.3. The third-order valence-corrected chi connectivity index (χ3v) is 6.92. The van der Waals surface area contributed by atoms with Crippen LogP contribution in [-0.2, 0) is 19.6 Å². The van der Waals surface area contributed by atoms with Crippen molar-refractivity contribution in [3.63, 3.8) is 0 Å². The van der Waals surface area contributed by atoms with Crippen molar-refractivity contribution in [2.75, 3.05) is 31.6 Å². The Hall–Kier alpha value is -3.11. The van der Waals surface area contributed by atoms with E-state index in [1.165, 1.54) is 35.5 Å². The molecule has 0 spiro atoms. The number of fused-ring (bicyclic) bond motifs is 1. The Morgan fingerprint density at radius 1 is 1.06 bits per heavy atom. The Morgan fingerprint density at radius 2 is 1.75 bits per heavy atom. The summed E-state index contributed by atoms with van der Waals surface area (Å²) in [5.41, 5.74) is 0.506. The van der Waals surface area contributed by atoms with E-state index >= 15 is 0 Å². The summed E-state index contributed by atoms with van der Waals surface area (Å²) in [6, 6.07) is 10.5. The van der Waals surface area contributed by atoms with Gasteiger partial charge in [0.25, 0.3) is 5.91 Å². The van der Waals surface area contributed by atoms with Gasteiger partial charge in [0.15, 0.2) is 17.6 Å². The molecular weight excluding hydrogens is 436 g/mol. The van der Waals surface area contributed by atoms with Gasteiger partial charge in [0.2, 0.25) is 10.0 Å². The van der Waals surface area contributed by atoms with Crippen LogP contribution in [0.5, 0.6) is 11.5 Å². The number of rotatable bonds is 8. The van der Waals surface area contributed by atoms with E-state index in [2.05, 4.69) is 5.32 Å². The van der Waals surface area contributed by atoms with Gasteiger partial charge >= 0.3 is 5.97 Å². The number of anilines is 1. The van der Waals surface area contributed by atoms with E-state index in [-0.39, 0.29) is 10.5 Å². The Bertz CT molecular complexity index is 1100. The standard InChI is InChI=1S/C22H26N2O7S/c1-4-24(5-2)32(27,28)18-8-6-7-16(13-18)22(26)31-15(3)21(25)23-17-9-10-19-20(14-17)30-12-11-29-19/h6-10,13-15H,4-5,11-12H2,1-3H3,(H,23,25). The molecule has 2 aromatic carbocycles. The van der Waals surface area contributed by atoms with Crippen molar-refractivity contribution < 1.29 is 32.2 Å². The second kappa shape index (κ2) is 10.0. The average Bonchev–Trinajstić information content (AvgIpc) is 2.79. The number of amides is 1. The molecule has 32 heavy (non-hydrogen) atoms. The zero-order chi connectivity index (χ0) is 23.3. The minimum Gasteiger partial charge on any atom is -0.486 e. The van der Waals surface area contributed by atoms with Crippen LogP contribution >= 0.6 is 0 Å². The lowest BCUT2D eigenvalue weighted by Gasteiger charge is -2.20. The maximum atomic E-state index is 12.7. The highest BCUT2D eigenvalue weighted by molar-refractivity contribution is 7.89. The second-order valence-electron chi connectivity index (χ2n) is 7.01. The van der Waals surface area contributed by atoms with Gasteiger partial charge in [0.05, 0.1) is 10.5 Å². The molecule has 0 saturated heterocycles. The largest absolute Gasteiger partial charge is 0.486 e. The molecule has 1 aliphatic heterocycles. The molecule has 9 nitrogen and oxygen atoms in total. The van der Waals surface area contributed by atoms with Gasteiger partial charge in [0.1, 0.15) is 13.2 Å². The highest BCUT2D eigenvalue weighted by atomic mass is 32.2. The summed E-state index contributed by atoms with van der Waals surface area (Å²) in [6.45, 7) is 6.41. The molecule has 0 fully saturated rings. The van der Waals surface area contributed by atoms with Crippen molar-refractivity contribution in [2.45, 2.75) is 31.8 Å². The monoisotopic (exact) mass is 462 g/mol. The van der Waals surface area contributed by atoms with Gasteiger partial charge in [0, 0.05) is 24.8 Å². The molecule has 0 aliphatic carbocycles. The topological polar surface area (TPSA) is 111 Å². The molecule has 2 aromatic rings. The van der Waals surface area contributed by atoms with Crippen LogP contribution in [0, 0.1) is 0 Å². The fourth-order valence-corrected chi connectivity index (χ4v) is 4.65. The molecule has 3 rings (SSSR count). The minimum atomic E-state index is -3.73. The number of carbonyl (C=O) groups is 2. The third kappa shape index (κ3) is 5.20. The van der Waals surface area contributed by atoms with Crippen LogP contribution in [-0.4, -0.2) is 57.0 Å². The Kier molecular flexibility index (Phi) is 7.37. The van der Waals surface area contributed by atoms with E-state index in [1.807, 2.05) is 0 Å². The fourth-order valence-electron chi connectivity index (χ4n) is 3.14. The summed E-state index contributed by atoms with van der Waals surface area (Å²) in [4.78, 5) is 25.0. The molecule has 0 radical (unpaired) electrons. The maximum absolute atomic E-state index is 12.7. The molecule has 1 heterocycles. The molecule has 1 N–H and O–H groups in total. The Morgan fingerprint density at radius 3 is 2.44 bits per heavy atom. The summed E-state index contributed by atoms with van der Waals surface area (Å²) in [7, 11) is -3.73. The van der Waals surface area contributed by atoms with Crippen LogP contribution in [0.4, 0.5) is 5.69 Å². The summed E-state index contributed by atoms with van der Waals surface area (Å²) < 4.78 is 42.9. The van der Waals surface area contributed by atoms with Gasteiger partial charge < -0.3 is 19.5 Å². The van der Waals surface area contributed by atoms with Gasteiger partial charge in [-0.15, -0.1) is 0 Å². The first-order valence-corrected chi connectivity index (χ1v) is 11.7. The number of hydrogen-bond donors (Lipinski definition) is 1. The Labute approximate surface area is 187 Å². The molecule has 1 amide bonds. The van der Waals surface area contributed by atoms with E-state index in [4.69, 9.17) is 14.2 Å². The first kappa shape index (κ1) is 23.6. The van der Waals surface area contributed by atoms with Crippen LogP contribution in [0.15, 0.2) is 47.4 Å². The van der Waals surface area contributed by atoms with Gasteiger partial charge in [-0.2, -0.15) is 4.31 Å². The number of carbonyl (C=O) groups excluding carboxylic acids is 2. The maximum Gasteiger partial charge on any atom is 0.338 e. The van der Waals surface area contributed by atoms with Crippen molar-refractivity contribution in [1.29, 1.82) is 0 Å². The van der Waals surface area contributed by atoms with E-state index in [1.54, 1.807) is 32.0 Å². The Balaban J connectivity index is 1.67. The van der Waals surface area contributed by atoms with E-state index in [0.29, 0.717) is 43.5 Å². The van der Waals surface area contributed by atoms with Gasteiger partial charge in [-0.1, -0.05) is 19.9 Å². The molecule has 1 aliphatic rings. The van der Waals surface area contributed by atoms with Crippen molar-refractivity contribution in [1.82, 2.24) is 4.31 Å². The average molecular weight is 463 g/mol. The lowest BCUT2D eigenvalue weighted by Crippen LogP contribution is -2.31. The van der Waals surface area contributed by atoms with Crippen LogP contribution in [0.25, 0.3) is 0 Å². The first-order valence-electron chi connectivity index (χ1n) is 10.3. The summed E-state index contributed by atoms with van der Waals surface area (Å²) >= 11 is 0. The van der Waals surface area contributed by atoms with Crippen LogP contribution < -0.4 is 14.8 Å². The van der Waals surface area contributed by atoms with Crippen LogP contribution in [0.1, 0.15) is 31.1 Å². The molecule has 10 heteroatoms. The van der Waals surface area contributed by atoms with Gasteiger partial charge in [-0.3, -0.25) is 4.79 Å². The van der Waals surface area contributed by atoms with E-state index in [0.717, 1.165) is 0 Å². The molecule has 1 unspecified atom stereocenters. The molecule has 172 valence electrons. The van der Waals surface area contributed by atoms with Crippen LogP contribution in [0.2, 0.25) is 0 Å². The molecule has 0 aromatic heterocycles. The molecular formula is C22H26N2O7S. The van der Waals surface area contributed by atoms with E-state index < -0.39 is 28.0 Å². The zero-order valence-electron chi connectivity index (χ0n) is 18.2. The van der Waals surface area contributed by atoms with Gasteiger partial charge in [-0.25, -0.2) is 13.2 Å². The predicted octanol–water partition coefficient (Wildman–Crippen LogP) is 2.67. The van der Waals surface area contributed by atoms with E-state index in [9.17, 15) is 18.0 Å². The number of hydrogen-bond acceptors (Lipinski definition) is 7. The number of esters is 1. The number of nitrogens with zero attached hydrogens (tertiary/aromatic N) is 1. The van der Waals surface area contributed by atoms with Crippen molar-refractivity contribution in [3.05, 3.63) is 48.0 Å². The number of ether oxygens (including phenoxy) is 3. The number of nitrogens with one attached hydrogen (secondary N) is 1. The summed E-state index contributed by atoms with van der Waals surface area (Å²) in [5, 5.41) is 2.66. The zero-order valence-corrected chi connectivity index (χ0v) is 19.0. The normalized spacial score (nSPS) is 14.0. The lowest BCUT2D eigenvalue weighted by atomic mass is 10.2. The molecule has 0 bridgehead atoms. The molecule has 1 atom stereocenters. The SMILES string of the molecule is CCN(CC)S(=O)(=O)c1cccc(C(=O)OC(C)C(=O)Nc2ccc3c(c2)OCCO3)c1.